The van der Waals surface area contributed by atoms with Gasteiger partial charge in [0.2, 0.25) is 0 Å². The second kappa shape index (κ2) is 5.45. The van der Waals surface area contributed by atoms with Crippen LogP contribution in [-0.2, 0) is 4.74 Å². The van der Waals surface area contributed by atoms with Gasteiger partial charge in [0, 0.05) is 51.4 Å². The van der Waals surface area contributed by atoms with E-state index in [4.69, 9.17) is 4.74 Å². The van der Waals surface area contributed by atoms with Gasteiger partial charge in [0.15, 0.2) is 0 Å². The van der Waals surface area contributed by atoms with E-state index in [0.717, 1.165) is 32.8 Å². The molecule has 0 bridgehead atoms. The number of ether oxygens (including phenoxy) is 1. The van der Waals surface area contributed by atoms with E-state index < -0.39 is 0 Å². The first kappa shape index (κ1) is 12.3. The Bertz CT molecular complexity index is 214. The van der Waals surface area contributed by atoms with E-state index >= 15 is 0 Å². The summed E-state index contributed by atoms with van der Waals surface area (Å²) >= 11 is 0. The molecule has 2 fully saturated rings. The predicted molar refractivity (Wildman–Crippen MR) is 65.8 cm³/mol. The van der Waals surface area contributed by atoms with E-state index in [0.29, 0.717) is 0 Å². The third-order valence-corrected chi connectivity index (χ3v) is 3.71. The molecule has 4 heteroatoms. The molecule has 0 atom stereocenters. The van der Waals surface area contributed by atoms with E-state index in [1.54, 1.807) is 0 Å². The van der Waals surface area contributed by atoms with Crippen LogP contribution in [0, 0.1) is 0 Å². The molecule has 0 amide bonds. The lowest BCUT2D eigenvalue weighted by molar-refractivity contribution is -0.0538. The van der Waals surface area contributed by atoms with Crippen molar-refractivity contribution in [2.75, 3.05) is 59.0 Å². The number of nitrogens with one attached hydrogen (secondary N) is 1. The molecule has 2 aliphatic rings. The lowest BCUT2D eigenvalue weighted by Crippen LogP contribution is -2.55. The molecule has 0 aromatic carbocycles. The molecule has 0 spiro atoms. The number of rotatable bonds is 3. The van der Waals surface area contributed by atoms with Gasteiger partial charge >= 0.3 is 0 Å². The quantitative estimate of drug-likeness (QED) is 0.735. The highest BCUT2D eigenvalue weighted by Crippen LogP contribution is 2.18. The molecular formula is C12H25N3O. The van der Waals surface area contributed by atoms with Crippen molar-refractivity contribution in [3.63, 3.8) is 0 Å². The molecule has 0 saturated carbocycles. The Morgan fingerprint density at radius 1 is 1.12 bits per heavy atom. The van der Waals surface area contributed by atoms with Gasteiger partial charge in [-0.2, -0.15) is 0 Å². The van der Waals surface area contributed by atoms with E-state index in [1.165, 1.54) is 26.2 Å². The molecule has 0 aromatic heterocycles. The topological polar surface area (TPSA) is 27.7 Å². The minimum absolute atomic E-state index is 0.215. The second-order valence-corrected chi connectivity index (χ2v) is 5.44. The molecule has 1 N–H and O–H groups in total. The fourth-order valence-corrected chi connectivity index (χ4v) is 2.50. The van der Waals surface area contributed by atoms with Crippen LogP contribution in [0.2, 0.25) is 0 Å². The summed E-state index contributed by atoms with van der Waals surface area (Å²) in [5, 5.41) is 3.39. The monoisotopic (exact) mass is 227 g/mol. The average molecular weight is 227 g/mol. The SMILES string of the molecule is CC1(C)COCCN1CCN1CCNCC1. The summed E-state index contributed by atoms with van der Waals surface area (Å²) < 4.78 is 5.54. The van der Waals surface area contributed by atoms with Gasteiger partial charge in [0.1, 0.15) is 0 Å². The van der Waals surface area contributed by atoms with Crippen LogP contribution in [0.5, 0.6) is 0 Å². The second-order valence-electron chi connectivity index (χ2n) is 5.44. The van der Waals surface area contributed by atoms with Crippen LogP contribution in [0.15, 0.2) is 0 Å². The third-order valence-electron chi connectivity index (χ3n) is 3.71. The van der Waals surface area contributed by atoms with Gasteiger partial charge < -0.3 is 10.1 Å². The summed E-state index contributed by atoms with van der Waals surface area (Å²) in [6.45, 7) is 14.5. The fraction of sp³-hybridized carbons (Fsp3) is 1.00. The maximum atomic E-state index is 5.54. The average Bonchev–Trinajstić information content (AvgIpc) is 2.28. The van der Waals surface area contributed by atoms with Crippen LogP contribution < -0.4 is 5.32 Å². The maximum absolute atomic E-state index is 5.54. The smallest absolute Gasteiger partial charge is 0.0645 e. The summed E-state index contributed by atoms with van der Waals surface area (Å²) in [5.74, 6) is 0. The molecule has 2 aliphatic heterocycles. The Hall–Kier alpha value is -0.160. The van der Waals surface area contributed by atoms with Crippen LogP contribution in [-0.4, -0.2) is 74.4 Å². The largest absolute Gasteiger partial charge is 0.378 e. The Kier molecular flexibility index (Phi) is 4.19. The van der Waals surface area contributed by atoms with Crippen LogP contribution in [0.3, 0.4) is 0 Å². The minimum Gasteiger partial charge on any atom is -0.378 e. The number of hydrogen-bond donors (Lipinski definition) is 1. The van der Waals surface area contributed by atoms with Crippen molar-refractivity contribution in [3.05, 3.63) is 0 Å². The highest BCUT2D eigenvalue weighted by Gasteiger charge is 2.30. The first-order valence-corrected chi connectivity index (χ1v) is 6.44. The summed E-state index contributed by atoms with van der Waals surface area (Å²) in [6, 6.07) is 0. The molecule has 0 radical (unpaired) electrons. The van der Waals surface area contributed by atoms with Crippen molar-refractivity contribution in [1.82, 2.24) is 15.1 Å². The van der Waals surface area contributed by atoms with E-state index in [1.807, 2.05) is 0 Å². The van der Waals surface area contributed by atoms with Gasteiger partial charge in [0.25, 0.3) is 0 Å². The van der Waals surface area contributed by atoms with E-state index in [2.05, 4.69) is 29.0 Å². The molecule has 2 rings (SSSR count). The molecule has 2 heterocycles. The maximum Gasteiger partial charge on any atom is 0.0645 e. The summed E-state index contributed by atoms with van der Waals surface area (Å²) in [6.07, 6.45) is 0. The molecule has 0 unspecified atom stereocenters. The van der Waals surface area contributed by atoms with Gasteiger partial charge in [-0.15, -0.1) is 0 Å². The normalized spacial score (nSPS) is 28.1. The van der Waals surface area contributed by atoms with Crippen molar-refractivity contribution in [2.24, 2.45) is 0 Å². The molecular weight excluding hydrogens is 202 g/mol. The van der Waals surface area contributed by atoms with Crippen molar-refractivity contribution in [2.45, 2.75) is 19.4 Å². The first-order valence-electron chi connectivity index (χ1n) is 6.44. The Labute approximate surface area is 98.9 Å². The number of hydrogen-bond acceptors (Lipinski definition) is 4. The highest BCUT2D eigenvalue weighted by molar-refractivity contribution is 4.85. The van der Waals surface area contributed by atoms with Gasteiger partial charge in [-0.25, -0.2) is 0 Å². The Morgan fingerprint density at radius 2 is 1.88 bits per heavy atom. The Morgan fingerprint density at radius 3 is 2.56 bits per heavy atom. The molecule has 0 aromatic rings. The van der Waals surface area contributed by atoms with Gasteiger partial charge in [0.05, 0.1) is 13.2 Å². The van der Waals surface area contributed by atoms with Gasteiger partial charge in [-0.1, -0.05) is 0 Å². The number of piperazine rings is 1. The summed E-state index contributed by atoms with van der Waals surface area (Å²) in [5.41, 5.74) is 0.215. The van der Waals surface area contributed by atoms with Crippen LogP contribution in [0.25, 0.3) is 0 Å². The fourth-order valence-electron chi connectivity index (χ4n) is 2.50. The predicted octanol–water partition coefficient (Wildman–Crippen LogP) is 0.00240. The highest BCUT2D eigenvalue weighted by atomic mass is 16.5. The lowest BCUT2D eigenvalue weighted by atomic mass is 10.0. The molecule has 94 valence electrons. The summed E-state index contributed by atoms with van der Waals surface area (Å²) in [4.78, 5) is 5.13. The third kappa shape index (κ3) is 3.17. The number of nitrogens with zero attached hydrogens (tertiary/aromatic N) is 2. The zero-order chi connectivity index (χ0) is 11.4. The Balaban J connectivity index is 1.75. The molecule has 16 heavy (non-hydrogen) atoms. The van der Waals surface area contributed by atoms with Crippen molar-refractivity contribution in [3.8, 4) is 0 Å². The van der Waals surface area contributed by atoms with Gasteiger partial charge in [-0.3, -0.25) is 9.80 Å². The zero-order valence-corrected chi connectivity index (χ0v) is 10.7. The van der Waals surface area contributed by atoms with E-state index in [-0.39, 0.29) is 5.54 Å². The van der Waals surface area contributed by atoms with Gasteiger partial charge in [-0.05, 0) is 13.8 Å². The lowest BCUT2D eigenvalue weighted by Gasteiger charge is -2.43. The van der Waals surface area contributed by atoms with Crippen LogP contribution in [0.1, 0.15) is 13.8 Å². The van der Waals surface area contributed by atoms with Crippen LogP contribution >= 0.6 is 0 Å². The van der Waals surface area contributed by atoms with Crippen LogP contribution in [0.4, 0.5) is 0 Å². The first-order chi connectivity index (χ1) is 7.68. The van der Waals surface area contributed by atoms with E-state index in [9.17, 15) is 0 Å². The van der Waals surface area contributed by atoms with Crippen molar-refractivity contribution in [1.29, 1.82) is 0 Å². The zero-order valence-electron chi connectivity index (χ0n) is 10.7. The standard InChI is InChI=1S/C12H25N3O/c1-12(2)11-16-10-9-15(12)8-7-14-5-3-13-4-6-14/h13H,3-11H2,1-2H3. The summed E-state index contributed by atoms with van der Waals surface area (Å²) in [7, 11) is 0. The molecule has 2 saturated heterocycles. The van der Waals surface area contributed by atoms with Crippen molar-refractivity contribution >= 4 is 0 Å². The molecule has 4 nitrogen and oxygen atoms in total. The number of morpholine rings is 1. The minimum atomic E-state index is 0.215. The van der Waals surface area contributed by atoms with Crippen molar-refractivity contribution < 1.29 is 4.74 Å². The molecule has 0 aliphatic carbocycles.